The van der Waals surface area contributed by atoms with Crippen molar-refractivity contribution in [2.75, 3.05) is 11.1 Å². The fraction of sp³-hybridized carbons (Fsp3) is 0.0385. The number of aryl methyl sites for hydroxylation is 1. The van der Waals surface area contributed by atoms with Crippen LogP contribution in [0.25, 0.3) is 27.9 Å². The molecule has 0 aliphatic carbocycles. The van der Waals surface area contributed by atoms with E-state index in [1.807, 2.05) is 13.0 Å². The predicted octanol–water partition coefficient (Wildman–Crippen LogP) is 5.37. The molecule has 0 aliphatic heterocycles. The highest BCUT2D eigenvalue weighted by Gasteiger charge is 2.21. The molecule has 3 aromatic heterocycles. The minimum absolute atomic E-state index is 0.0186. The average Bonchev–Trinajstić information content (AvgIpc) is 3.27. The van der Waals surface area contributed by atoms with E-state index < -0.39 is 11.7 Å². The van der Waals surface area contributed by atoms with Crippen LogP contribution in [0.5, 0.6) is 11.6 Å². The first kappa shape index (κ1) is 23.9. The maximum absolute atomic E-state index is 15.2. The number of fused-ring (bicyclic) bond motifs is 1. The Labute approximate surface area is 215 Å². The molecule has 37 heavy (non-hydrogen) atoms. The van der Waals surface area contributed by atoms with E-state index in [9.17, 15) is 4.79 Å². The molecule has 2 aromatic carbocycles. The third-order valence-electron chi connectivity index (χ3n) is 5.43. The van der Waals surface area contributed by atoms with Gasteiger partial charge in [-0.25, -0.2) is 14.4 Å². The molecule has 9 nitrogen and oxygen atoms in total. The Bertz CT molecular complexity index is 1670. The number of rotatable bonds is 6. The molecular weight excluding hydrogens is 497 g/mol. The highest BCUT2D eigenvalue weighted by molar-refractivity contribution is 6.43. The molecule has 0 bridgehead atoms. The minimum Gasteiger partial charge on any atom is -0.436 e. The summed E-state index contributed by atoms with van der Waals surface area (Å²) >= 11 is 5.64. The number of nitrogens with two attached hydrogens (primary N) is 1. The molecule has 0 saturated heterocycles. The second-order valence-corrected chi connectivity index (χ2v) is 8.46. The number of nitrogens with zero attached hydrogens (tertiary/aromatic N) is 5. The summed E-state index contributed by atoms with van der Waals surface area (Å²) < 4.78 is 22.2. The van der Waals surface area contributed by atoms with Crippen molar-refractivity contribution in [3.05, 3.63) is 90.1 Å². The molecule has 0 fully saturated rings. The highest BCUT2D eigenvalue weighted by atomic mass is 35.5. The zero-order valence-electron chi connectivity index (χ0n) is 19.4. The molecular formula is C26H19ClFN7O2. The van der Waals surface area contributed by atoms with Crippen LogP contribution in [0.1, 0.15) is 5.69 Å². The first-order chi connectivity index (χ1) is 17.8. The largest absolute Gasteiger partial charge is 0.436 e. The molecule has 0 aliphatic rings. The van der Waals surface area contributed by atoms with Gasteiger partial charge in [0, 0.05) is 28.6 Å². The van der Waals surface area contributed by atoms with Crippen molar-refractivity contribution in [1.29, 1.82) is 0 Å². The number of carbonyl (C=O) groups is 1. The number of nitrogen functional groups attached to an aromatic ring is 1. The lowest BCUT2D eigenvalue weighted by atomic mass is 9.99. The lowest BCUT2D eigenvalue weighted by molar-refractivity contribution is -0.112. The van der Waals surface area contributed by atoms with E-state index in [4.69, 9.17) is 22.1 Å². The Kier molecular flexibility index (Phi) is 6.24. The van der Waals surface area contributed by atoms with Crippen molar-refractivity contribution >= 4 is 34.5 Å². The molecule has 0 unspecified atom stereocenters. The molecule has 0 radical (unpaired) electrons. The Morgan fingerprint density at radius 3 is 2.59 bits per heavy atom. The van der Waals surface area contributed by atoms with Crippen LogP contribution < -0.4 is 15.8 Å². The molecule has 3 heterocycles. The summed E-state index contributed by atoms with van der Waals surface area (Å²) in [5.74, 6) is -0.626. The normalized spacial score (nSPS) is 10.9. The van der Waals surface area contributed by atoms with Crippen molar-refractivity contribution in [1.82, 2.24) is 24.8 Å². The lowest BCUT2D eigenvalue weighted by Gasteiger charge is -2.10. The van der Waals surface area contributed by atoms with E-state index in [2.05, 4.69) is 32.1 Å². The first-order valence-corrected chi connectivity index (χ1v) is 11.3. The van der Waals surface area contributed by atoms with Crippen molar-refractivity contribution in [2.24, 2.45) is 0 Å². The third-order valence-corrected chi connectivity index (χ3v) is 5.60. The van der Waals surface area contributed by atoms with Crippen LogP contribution in [-0.4, -0.2) is 30.7 Å². The van der Waals surface area contributed by atoms with Gasteiger partial charge < -0.3 is 15.8 Å². The van der Waals surface area contributed by atoms with Crippen molar-refractivity contribution in [3.8, 4) is 34.0 Å². The van der Waals surface area contributed by atoms with Crippen LogP contribution in [0.15, 0.2) is 78.6 Å². The molecule has 11 heteroatoms. The van der Waals surface area contributed by atoms with Gasteiger partial charge in [0.15, 0.2) is 17.4 Å². The minimum atomic E-state index is -0.596. The van der Waals surface area contributed by atoms with E-state index in [0.29, 0.717) is 33.6 Å². The van der Waals surface area contributed by atoms with Gasteiger partial charge in [0.2, 0.25) is 5.88 Å². The summed E-state index contributed by atoms with van der Waals surface area (Å²) in [5.41, 5.74) is 10.0. The van der Waals surface area contributed by atoms with Crippen LogP contribution in [0, 0.1) is 12.7 Å². The summed E-state index contributed by atoms with van der Waals surface area (Å²) in [7, 11) is 0. The van der Waals surface area contributed by atoms with Gasteiger partial charge in [-0.15, -0.1) is 14.8 Å². The Hall–Kier alpha value is -4.83. The summed E-state index contributed by atoms with van der Waals surface area (Å²) in [6.07, 6.45) is 1.28. The molecule has 0 saturated carbocycles. The fourth-order valence-electron chi connectivity index (χ4n) is 3.73. The number of aromatic nitrogens is 5. The number of carbonyl (C=O) groups excluding carboxylic acids is 1. The number of pyridine rings is 1. The Morgan fingerprint density at radius 1 is 1.14 bits per heavy atom. The molecule has 1 amide bonds. The topological polar surface area (TPSA) is 120 Å². The zero-order valence-corrected chi connectivity index (χ0v) is 20.2. The molecule has 0 spiro atoms. The van der Waals surface area contributed by atoms with Gasteiger partial charge in [-0.3, -0.25) is 4.79 Å². The zero-order chi connectivity index (χ0) is 26.1. The maximum Gasteiger partial charge on any atom is 0.266 e. The van der Waals surface area contributed by atoms with Gasteiger partial charge in [0.1, 0.15) is 17.5 Å². The second-order valence-electron chi connectivity index (χ2n) is 8.01. The van der Waals surface area contributed by atoms with E-state index in [1.54, 1.807) is 42.5 Å². The number of nitrogens with one attached hydrogen (secondary N) is 1. The third kappa shape index (κ3) is 4.82. The number of hydrogen-bond donors (Lipinski definition) is 2. The first-order valence-electron chi connectivity index (χ1n) is 11.0. The van der Waals surface area contributed by atoms with Crippen LogP contribution in [0.2, 0.25) is 0 Å². The highest BCUT2D eigenvalue weighted by Crippen LogP contribution is 2.38. The standard InChI is InChI=1S/C26H19ClFN7O2/c1-14-4-3-5-21(32-14)37-20-11-8-17(12-19(20)28)22-23(34-35-24(22)25(29)30-13-31-35)16-6-9-18(10-7-16)33-26(36)15(2)27/h3-13H,2H2,1H3,(H,33,36)(H2,29,30,31). The van der Waals surface area contributed by atoms with Gasteiger partial charge in [0.05, 0.1) is 5.03 Å². The van der Waals surface area contributed by atoms with Crippen LogP contribution in [-0.2, 0) is 4.79 Å². The molecule has 0 atom stereocenters. The van der Waals surface area contributed by atoms with E-state index in [1.165, 1.54) is 23.1 Å². The van der Waals surface area contributed by atoms with Gasteiger partial charge in [-0.05, 0) is 42.8 Å². The lowest BCUT2D eigenvalue weighted by Crippen LogP contribution is -2.10. The van der Waals surface area contributed by atoms with E-state index in [0.717, 1.165) is 5.69 Å². The fourth-order valence-corrected chi connectivity index (χ4v) is 3.78. The summed E-state index contributed by atoms with van der Waals surface area (Å²) in [6, 6.07) is 16.7. The Balaban J connectivity index is 1.57. The average molecular weight is 516 g/mol. The molecule has 3 N–H and O–H groups in total. The molecule has 184 valence electrons. The monoisotopic (exact) mass is 515 g/mol. The van der Waals surface area contributed by atoms with Gasteiger partial charge >= 0.3 is 0 Å². The van der Waals surface area contributed by atoms with Crippen LogP contribution >= 0.6 is 11.6 Å². The smallest absolute Gasteiger partial charge is 0.266 e. The Morgan fingerprint density at radius 2 is 1.89 bits per heavy atom. The van der Waals surface area contributed by atoms with Gasteiger partial charge in [-0.1, -0.05) is 42.4 Å². The summed E-state index contributed by atoms with van der Waals surface area (Å²) in [4.78, 5) is 20.1. The van der Waals surface area contributed by atoms with Crippen molar-refractivity contribution < 1.29 is 13.9 Å². The van der Waals surface area contributed by atoms with Crippen LogP contribution in [0.3, 0.4) is 0 Å². The van der Waals surface area contributed by atoms with Gasteiger partial charge in [-0.2, -0.15) is 0 Å². The molecule has 5 aromatic rings. The van der Waals surface area contributed by atoms with E-state index >= 15 is 4.39 Å². The number of amides is 1. The second kappa shape index (κ2) is 9.67. The van der Waals surface area contributed by atoms with Crippen molar-refractivity contribution in [2.45, 2.75) is 6.92 Å². The van der Waals surface area contributed by atoms with Crippen molar-refractivity contribution in [3.63, 3.8) is 0 Å². The number of anilines is 2. The van der Waals surface area contributed by atoms with Gasteiger partial charge in [0.25, 0.3) is 5.91 Å². The SMILES string of the molecule is C=C(Cl)C(=O)Nc1ccc(-c2nn3ncnc(N)c3c2-c2ccc(Oc3cccc(C)n3)c(F)c2)cc1. The van der Waals surface area contributed by atoms with Crippen LogP contribution in [0.4, 0.5) is 15.9 Å². The number of hydrogen-bond acceptors (Lipinski definition) is 7. The summed E-state index contributed by atoms with van der Waals surface area (Å²) in [6.45, 7) is 5.23. The number of halogens is 2. The summed E-state index contributed by atoms with van der Waals surface area (Å²) in [5, 5.41) is 11.2. The predicted molar refractivity (Wildman–Crippen MR) is 139 cm³/mol. The maximum atomic E-state index is 15.2. The molecule has 5 rings (SSSR count). The van der Waals surface area contributed by atoms with E-state index in [-0.39, 0.29) is 22.5 Å². The number of benzene rings is 2. The number of ether oxygens (including phenoxy) is 1. The quantitative estimate of drug-likeness (QED) is 0.292.